The van der Waals surface area contributed by atoms with Gasteiger partial charge >= 0.3 is 0 Å². The van der Waals surface area contributed by atoms with Crippen LogP contribution in [0.5, 0.6) is 0 Å². The zero-order chi connectivity index (χ0) is 14.5. The molecule has 0 aromatic heterocycles. The number of halogens is 1. The van der Waals surface area contributed by atoms with Crippen LogP contribution in [0.25, 0.3) is 0 Å². The van der Waals surface area contributed by atoms with E-state index < -0.39 is 11.7 Å². The number of rotatable bonds is 5. The van der Waals surface area contributed by atoms with Crippen LogP contribution in [0.1, 0.15) is 21.5 Å². The van der Waals surface area contributed by atoms with Crippen LogP contribution < -0.4 is 16.8 Å². The Kier molecular flexibility index (Phi) is 4.32. The van der Waals surface area contributed by atoms with Gasteiger partial charge in [-0.1, -0.05) is 24.3 Å². The molecule has 2 aromatic rings. The first-order chi connectivity index (χ1) is 9.61. The Labute approximate surface area is 116 Å². The predicted molar refractivity (Wildman–Crippen MR) is 76.6 cm³/mol. The Bertz CT molecular complexity index is 628. The quantitative estimate of drug-likeness (QED) is 0.779. The number of anilines is 1. The van der Waals surface area contributed by atoms with Crippen LogP contribution in [-0.4, -0.2) is 5.91 Å². The van der Waals surface area contributed by atoms with E-state index in [2.05, 4.69) is 5.32 Å². The van der Waals surface area contributed by atoms with Gasteiger partial charge in [0, 0.05) is 18.8 Å². The molecular formula is C15H16FN3O. The van der Waals surface area contributed by atoms with E-state index in [9.17, 15) is 9.18 Å². The average molecular weight is 273 g/mol. The third kappa shape index (κ3) is 3.13. The summed E-state index contributed by atoms with van der Waals surface area (Å²) in [5, 5.41) is 3.09. The molecular weight excluding hydrogens is 257 g/mol. The predicted octanol–water partition coefficient (Wildman–Crippen LogP) is 2.00. The topological polar surface area (TPSA) is 81.1 Å². The van der Waals surface area contributed by atoms with Crippen molar-refractivity contribution in [3.63, 3.8) is 0 Å². The van der Waals surface area contributed by atoms with Gasteiger partial charge in [0.05, 0.1) is 5.56 Å². The Morgan fingerprint density at radius 1 is 1.15 bits per heavy atom. The number of primary amides is 1. The van der Waals surface area contributed by atoms with Crippen molar-refractivity contribution < 1.29 is 9.18 Å². The lowest BCUT2D eigenvalue weighted by Gasteiger charge is -2.12. The summed E-state index contributed by atoms with van der Waals surface area (Å²) in [5.41, 5.74) is 13.6. The maximum Gasteiger partial charge on any atom is 0.250 e. The first-order valence-electron chi connectivity index (χ1n) is 6.22. The van der Waals surface area contributed by atoms with E-state index >= 15 is 0 Å². The fourth-order valence-corrected chi connectivity index (χ4v) is 1.99. The molecule has 104 valence electrons. The van der Waals surface area contributed by atoms with Gasteiger partial charge in [-0.3, -0.25) is 4.79 Å². The number of benzene rings is 2. The highest BCUT2D eigenvalue weighted by Crippen LogP contribution is 2.18. The molecule has 2 rings (SSSR count). The maximum absolute atomic E-state index is 13.1. The molecule has 20 heavy (non-hydrogen) atoms. The second-order valence-corrected chi connectivity index (χ2v) is 4.38. The van der Waals surface area contributed by atoms with Gasteiger partial charge in [0.2, 0.25) is 0 Å². The minimum atomic E-state index is -0.667. The molecule has 0 unspecified atom stereocenters. The molecule has 2 aromatic carbocycles. The highest BCUT2D eigenvalue weighted by Gasteiger charge is 2.09. The molecule has 0 radical (unpaired) electrons. The second kappa shape index (κ2) is 6.16. The van der Waals surface area contributed by atoms with Crippen LogP contribution in [0.3, 0.4) is 0 Å². The van der Waals surface area contributed by atoms with Crippen molar-refractivity contribution >= 4 is 11.6 Å². The summed E-state index contributed by atoms with van der Waals surface area (Å²) in [7, 11) is 0. The van der Waals surface area contributed by atoms with Crippen LogP contribution >= 0.6 is 0 Å². The molecule has 0 aliphatic carbocycles. The SMILES string of the molecule is NCc1ccccc1CNc1ccc(F)cc1C(N)=O. The van der Waals surface area contributed by atoms with Crippen LogP contribution in [-0.2, 0) is 13.1 Å². The lowest BCUT2D eigenvalue weighted by molar-refractivity contribution is 0.100. The van der Waals surface area contributed by atoms with Crippen molar-refractivity contribution in [3.05, 3.63) is 65.0 Å². The highest BCUT2D eigenvalue weighted by molar-refractivity contribution is 5.98. The van der Waals surface area contributed by atoms with Crippen molar-refractivity contribution in [1.82, 2.24) is 0 Å². The number of amides is 1. The molecule has 0 spiro atoms. The summed E-state index contributed by atoms with van der Waals surface area (Å²) < 4.78 is 13.1. The third-order valence-corrected chi connectivity index (χ3v) is 3.05. The van der Waals surface area contributed by atoms with E-state index in [4.69, 9.17) is 11.5 Å². The van der Waals surface area contributed by atoms with Gasteiger partial charge in [-0.25, -0.2) is 4.39 Å². The largest absolute Gasteiger partial charge is 0.380 e. The molecule has 5 N–H and O–H groups in total. The van der Waals surface area contributed by atoms with Crippen molar-refractivity contribution in [2.24, 2.45) is 11.5 Å². The summed E-state index contributed by atoms with van der Waals surface area (Å²) in [6, 6.07) is 11.6. The Balaban J connectivity index is 2.21. The first kappa shape index (κ1) is 14.0. The minimum Gasteiger partial charge on any atom is -0.380 e. The van der Waals surface area contributed by atoms with E-state index in [-0.39, 0.29) is 5.56 Å². The fourth-order valence-electron chi connectivity index (χ4n) is 1.99. The van der Waals surface area contributed by atoms with Crippen LogP contribution in [0.4, 0.5) is 10.1 Å². The summed E-state index contributed by atoms with van der Waals surface area (Å²) >= 11 is 0. The van der Waals surface area contributed by atoms with Crippen LogP contribution in [0.15, 0.2) is 42.5 Å². The van der Waals surface area contributed by atoms with Crippen molar-refractivity contribution in [3.8, 4) is 0 Å². The summed E-state index contributed by atoms with van der Waals surface area (Å²) in [5.74, 6) is -1.16. The number of hydrogen-bond donors (Lipinski definition) is 3. The van der Waals surface area contributed by atoms with E-state index in [0.29, 0.717) is 18.8 Å². The van der Waals surface area contributed by atoms with Crippen molar-refractivity contribution in [1.29, 1.82) is 0 Å². The molecule has 0 aliphatic rings. The Morgan fingerprint density at radius 2 is 1.85 bits per heavy atom. The average Bonchev–Trinajstić information content (AvgIpc) is 2.46. The molecule has 5 heteroatoms. The first-order valence-corrected chi connectivity index (χ1v) is 6.22. The number of nitrogens with two attached hydrogens (primary N) is 2. The maximum atomic E-state index is 13.1. The third-order valence-electron chi connectivity index (χ3n) is 3.05. The zero-order valence-electron chi connectivity index (χ0n) is 10.9. The molecule has 4 nitrogen and oxygen atoms in total. The van der Waals surface area contributed by atoms with Crippen LogP contribution in [0.2, 0.25) is 0 Å². The van der Waals surface area contributed by atoms with Gasteiger partial charge in [-0.2, -0.15) is 0 Å². The summed E-state index contributed by atoms with van der Waals surface area (Å²) in [6.07, 6.45) is 0. The highest BCUT2D eigenvalue weighted by atomic mass is 19.1. The number of hydrogen-bond acceptors (Lipinski definition) is 3. The van der Waals surface area contributed by atoms with Gasteiger partial charge < -0.3 is 16.8 Å². The molecule has 0 bridgehead atoms. The normalized spacial score (nSPS) is 10.3. The summed E-state index contributed by atoms with van der Waals surface area (Å²) in [4.78, 5) is 11.3. The number of nitrogens with one attached hydrogen (secondary N) is 1. The standard InChI is InChI=1S/C15H16FN3O/c16-12-5-6-14(13(7-12)15(18)20)19-9-11-4-2-1-3-10(11)8-17/h1-7,19H,8-9,17H2,(H2,18,20). The Morgan fingerprint density at radius 3 is 2.50 bits per heavy atom. The molecule has 0 atom stereocenters. The number of carbonyl (C=O) groups is 1. The van der Waals surface area contributed by atoms with Crippen molar-refractivity contribution in [2.45, 2.75) is 13.1 Å². The fraction of sp³-hybridized carbons (Fsp3) is 0.133. The second-order valence-electron chi connectivity index (χ2n) is 4.38. The summed E-state index contributed by atoms with van der Waals surface area (Å²) in [6.45, 7) is 0.920. The molecule has 0 fully saturated rings. The molecule has 0 heterocycles. The van der Waals surface area contributed by atoms with Gasteiger partial charge in [-0.05, 0) is 29.3 Å². The zero-order valence-corrected chi connectivity index (χ0v) is 10.9. The molecule has 0 saturated heterocycles. The minimum absolute atomic E-state index is 0.134. The van der Waals surface area contributed by atoms with Crippen LogP contribution in [0, 0.1) is 5.82 Å². The van der Waals surface area contributed by atoms with E-state index in [1.807, 2.05) is 24.3 Å². The van der Waals surface area contributed by atoms with Gasteiger partial charge in [0.25, 0.3) is 5.91 Å². The van der Waals surface area contributed by atoms with E-state index in [1.165, 1.54) is 12.1 Å². The van der Waals surface area contributed by atoms with E-state index in [1.54, 1.807) is 0 Å². The molecule has 1 amide bonds. The van der Waals surface area contributed by atoms with Gasteiger partial charge in [0.1, 0.15) is 5.82 Å². The lowest BCUT2D eigenvalue weighted by atomic mass is 10.1. The molecule has 0 saturated carbocycles. The lowest BCUT2D eigenvalue weighted by Crippen LogP contribution is -2.15. The Hall–Kier alpha value is -2.40. The van der Waals surface area contributed by atoms with Crippen molar-refractivity contribution in [2.75, 3.05) is 5.32 Å². The molecule has 0 aliphatic heterocycles. The smallest absolute Gasteiger partial charge is 0.250 e. The monoisotopic (exact) mass is 273 g/mol. The van der Waals surface area contributed by atoms with Gasteiger partial charge in [-0.15, -0.1) is 0 Å². The van der Waals surface area contributed by atoms with Gasteiger partial charge in [0.15, 0.2) is 0 Å². The van der Waals surface area contributed by atoms with E-state index in [0.717, 1.165) is 17.2 Å². The number of carbonyl (C=O) groups excluding carboxylic acids is 1.